The van der Waals surface area contributed by atoms with Crippen LogP contribution in [0.15, 0.2) is 30.3 Å². The lowest BCUT2D eigenvalue weighted by atomic mass is 10.0. The first-order valence-corrected chi connectivity index (χ1v) is 9.06. The molecule has 1 heterocycles. The predicted octanol–water partition coefficient (Wildman–Crippen LogP) is 3.85. The number of rotatable bonds is 9. The van der Waals surface area contributed by atoms with E-state index in [1.807, 2.05) is 44.2 Å². The number of unbranched alkanes of at least 4 members (excludes halogenated alkanes) is 1. The molecule has 0 N–H and O–H groups in total. The SMILES string of the molecule is CCCC[C@H](OC(C)=O)[C@H]1OC(C)(C)O[C@@H]1COCc1ccccc1. The second-order valence-corrected chi connectivity index (χ2v) is 6.93. The van der Waals surface area contributed by atoms with Gasteiger partial charge < -0.3 is 18.9 Å². The molecule has 0 aromatic heterocycles. The molecule has 0 spiro atoms. The highest BCUT2D eigenvalue weighted by Crippen LogP contribution is 2.33. The lowest BCUT2D eigenvalue weighted by Gasteiger charge is -2.26. The summed E-state index contributed by atoms with van der Waals surface area (Å²) in [6.07, 6.45) is 1.86. The van der Waals surface area contributed by atoms with Gasteiger partial charge in [-0.25, -0.2) is 0 Å². The second kappa shape index (κ2) is 9.32. The summed E-state index contributed by atoms with van der Waals surface area (Å²) >= 11 is 0. The van der Waals surface area contributed by atoms with Gasteiger partial charge in [0.25, 0.3) is 0 Å². The molecule has 1 saturated heterocycles. The van der Waals surface area contributed by atoms with Gasteiger partial charge in [-0.05, 0) is 32.3 Å². The Balaban J connectivity index is 1.98. The molecule has 1 aromatic rings. The molecule has 0 radical (unpaired) electrons. The van der Waals surface area contributed by atoms with Crippen molar-refractivity contribution < 1.29 is 23.7 Å². The van der Waals surface area contributed by atoms with Crippen molar-refractivity contribution in [3.05, 3.63) is 35.9 Å². The summed E-state index contributed by atoms with van der Waals surface area (Å²) in [6, 6.07) is 10.0. The minimum atomic E-state index is -0.712. The molecule has 25 heavy (non-hydrogen) atoms. The lowest BCUT2D eigenvalue weighted by molar-refractivity contribution is -0.170. The van der Waals surface area contributed by atoms with Gasteiger partial charge in [0.05, 0.1) is 13.2 Å². The molecule has 1 aromatic carbocycles. The molecule has 140 valence electrons. The highest BCUT2D eigenvalue weighted by molar-refractivity contribution is 5.66. The maximum Gasteiger partial charge on any atom is 0.302 e. The molecule has 0 amide bonds. The standard InChI is InChI=1S/C20H30O5/c1-5-6-12-17(23-15(2)21)19-18(24-20(3,4)25-19)14-22-13-16-10-8-7-9-11-16/h7-11,17-19H,5-6,12-14H2,1-4H3/t17-,18+,19+/m0/s1. The molecule has 0 aliphatic carbocycles. The molecule has 3 atom stereocenters. The van der Waals surface area contributed by atoms with E-state index in [0.29, 0.717) is 13.2 Å². The molecular formula is C20H30O5. The highest BCUT2D eigenvalue weighted by atomic mass is 16.8. The van der Waals surface area contributed by atoms with Gasteiger partial charge in [0.2, 0.25) is 0 Å². The van der Waals surface area contributed by atoms with Gasteiger partial charge in [-0.2, -0.15) is 0 Å². The van der Waals surface area contributed by atoms with Gasteiger partial charge in [0, 0.05) is 6.92 Å². The first-order valence-electron chi connectivity index (χ1n) is 9.06. The summed E-state index contributed by atoms with van der Waals surface area (Å²) in [5.74, 6) is -1.01. The Bertz CT molecular complexity index is 528. The molecule has 5 nitrogen and oxygen atoms in total. The van der Waals surface area contributed by atoms with Crippen molar-refractivity contribution in [3.63, 3.8) is 0 Å². The summed E-state index contributed by atoms with van der Waals surface area (Å²) in [5.41, 5.74) is 1.11. The highest BCUT2D eigenvalue weighted by Gasteiger charge is 2.46. The zero-order chi connectivity index (χ0) is 18.3. The average molecular weight is 350 g/mol. The fourth-order valence-electron chi connectivity index (χ4n) is 3.08. The van der Waals surface area contributed by atoms with E-state index < -0.39 is 5.79 Å². The molecule has 0 saturated carbocycles. The quantitative estimate of drug-likeness (QED) is 0.633. The van der Waals surface area contributed by atoms with Gasteiger partial charge in [-0.15, -0.1) is 0 Å². The normalized spacial score (nSPS) is 23.4. The predicted molar refractivity (Wildman–Crippen MR) is 95.0 cm³/mol. The van der Waals surface area contributed by atoms with Crippen molar-refractivity contribution >= 4 is 5.97 Å². The monoisotopic (exact) mass is 350 g/mol. The van der Waals surface area contributed by atoms with Crippen LogP contribution in [0.5, 0.6) is 0 Å². The fraction of sp³-hybridized carbons (Fsp3) is 0.650. The van der Waals surface area contributed by atoms with Crippen molar-refractivity contribution in [2.24, 2.45) is 0 Å². The van der Waals surface area contributed by atoms with Crippen LogP contribution in [-0.2, 0) is 30.3 Å². The van der Waals surface area contributed by atoms with Crippen LogP contribution in [0.4, 0.5) is 0 Å². The number of carbonyl (C=O) groups excluding carboxylic acids is 1. The van der Waals surface area contributed by atoms with Crippen LogP contribution in [-0.4, -0.2) is 36.7 Å². The van der Waals surface area contributed by atoms with Crippen LogP contribution in [0.3, 0.4) is 0 Å². The van der Waals surface area contributed by atoms with E-state index in [-0.39, 0.29) is 24.3 Å². The number of hydrogen-bond acceptors (Lipinski definition) is 5. The van der Waals surface area contributed by atoms with Crippen molar-refractivity contribution in [2.45, 2.75) is 77.7 Å². The maximum atomic E-state index is 11.5. The van der Waals surface area contributed by atoms with Gasteiger partial charge >= 0.3 is 5.97 Å². The van der Waals surface area contributed by atoms with Gasteiger partial charge in [0.15, 0.2) is 5.79 Å². The van der Waals surface area contributed by atoms with Gasteiger partial charge in [0.1, 0.15) is 18.3 Å². The van der Waals surface area contributed by atoms with Crippen molar-refractivity contribution in [1.29, 1.82) is 0 Å². The van der Waals surface area contributed by atoms with Crippen LogP contribution >= 0.6 is 0 Å². The number of ether oxygens (including phenoxy) is 4. The van der Waals surface area contributed by atoms with E-state index in [1.165, 1.54) is 6.92 Å². The van der Waals surface area contributed by atoms with E-state index in [0.717, 1.165) is 24.8 Å². The molecule has 5 heteroatoms. The first kappa shape index (κ1) is 19.9. The average Bonchev–Trinajstić information content (AvgIpc) is 2.87. The van der Waals surface area contributed by atoms with Gasteiger partial charge in [-0.1, -0.05) is 43.7 Å². The van der Waals surface area contributed by atoms with Crippen LogP contribution in [0.1, 0.15) is 52.5 Å². The summed E-state index contributed by atoms with van der Waals surface area (Å²) in [7, 11) is 0. The zero-order valence-corrected chi connectivity index (χ0v) is 15.7. The summed E-state index contributed by atoms with van der Waals surface area (Å²) in [6.45, 7) is 8.21. The van der Waals surface area contributed by atoms with E-state index in [1.54, 1.807) is 0 Å². The number of hydrogen-bond donors (Lipinski definition) is 0. The van der Waals surface area contributed by atoms with Crippen LogP contribution in [0.25, 0.3) is 0 Å². The second-order valence-electron chi connectivity index (χ2n) is 6.93. The maximum absolute atomic E-state index is 11.5. The first-order chi connectivity index (χ1) is 11.9. The van der Waals surface area contributed by atoms with Gasteiger partial charge in [-0.3, -0.25) is 4.79 Å². The smallest absolute Gasteiger partial charge is 0.302 e. The Hall–Kier alpha value is -1.43. The fourth-order valence-corrected chi connectivity index (χ4v) is 3.08. The Morgan fingerprint density at radius 1 is 1.24 bits per heavy atom. The molecule has 1 aliphatic heterocycles. The Kier molecular flexibility index (Phi) is 7.41. The third-order valence-corrected chi connectivity index (χ3v) is 4.14. The molecular weight excluding hydrogens is 320 g/mol. The largest absolute Gasteiger partial charge is 0.460 e. The summed E-state index contributed by atoms with van der Waals surface area (Å²) < 4.78 is 23.4. The van der Waals surface area contributed by atoms with E-state index in [2.05, 4.69) is 6.92 Å². The zero-order valence-electron chi connectivity index (χ0n) is 15.7. The number of carbonyl (C=O) groups is 1. The minimum Gasteiger partial charge on any atom is -0.460 e. The molecule has 0 unspecified atom stereocenters. The topological polar surface area (TPSA) is 54.0 Å². The molecule has 0 bridgehead atoms. The molecule has 2 rings (SSSR count). The summed E-state index contributed by atoms with van der Waals surface area (Å²) in [4.78, 5) is 11.5. The van der Waals surface area contributed by atoms with Crippen molar-refractivity contribution in [1.82, 2.24) is 0 Å². The number of esters is 1. The Morgan fingerprint density at radius 3 is 2.60 bits per heavy atom. The third-order valence-electron chi connectivity index (χ3n) is 4.14. The Morgan fingerprint density at radius 2 is 1.96 bits per heavy atom. The van der Waals surface area contributed by atoms with Crippen molar-refractivity contribution in [3.8, 4) is 0 Å². The lowest BCUT2D eigenvalue weighted by Crippen LogP contribution is -2.40. The number of benzene rings is 1. The molecule has 1 fully saturated rings. The Labute approximate surface area is 150 Å². The summed E-state index contributed by atoms with van der Waals surface area (Å²) in [5, 5.41) is 0. The van der Waals surface area contributed by atoms with E-state index in [4.69, 9.17) is 18.9 Å². The van der Waals surface area contributed by atoms with E-state index in [9.17, 15) is 4.79 Å². The molecule has 1 aliphatic rings. The van der Waals surface area contributed by atoms with Crippen LogP contribution < -0.4 is 0 Å². The van der Waals surface area contributed by atoms with E-state index >= 15 is 0 Å². The van der Waals surface area contributed by atoms with Crippen LogP contribution in [0, 0.1) is 0 Å². The van der Waals surface area contributed by atoms with Crippen molar-refractivity contribution in [2.75, 3.05) is 6.61 Å². The third kappa shape index (κ3) is 6.42. The minimum absolute atomic E-state index is 0.264. The van der Waals surface area contributed by atoms with Crippen LogP contribution in [0.2, 0.25) is 0 Å².